The predicted molar refractivity (Wildman–Crippen MR) is 45.5 cm³/mol. The summed E-state index contributed by atoms with van der Waals surface area (Å²) in [7, 11) is 0. The molecule has 0 radical (unpaired) electrons. The van der Waals surface area contributed by atoms with E-state index >= 15 is 0 Å². The summed E-state index contributed by atoms with van der Waals surface area (Å²) in [5.74, 6) is -0.128. The van der Waals surface area contributed by atoms with Gasteiger partial charge in [0, 0.05) is 5.69 Å². The van der Waals surface area contributed by atoms with Gasteiger partial charge in [0.1, 0.15) is 0 Å². The van der Waals surface area contributed by atoms with Crippen molar-refractivity contribution in [2.75, 3.05) is 5.32 Å². The Bertz CT molecular complexity index is 324. The van der Waals surface area contributed by atoms with E-state index in [2.05, 4.69) is 10.6 Å². The molecule has 0 saturated carbocycles. The molecule has 4 nitrogen and oxygen atoms in total. The van der Waals surface area contributed by atoms with E-state index in [4.69, 9.17) is 5.73 Å². The molecular weight excluding hydrogens is 154 g/mol. The van der Waals surface area contributed by atoms with Crippen molar-refractivity contribution in [2.24, 2.45) is 5.73 Å². The second-order valence-corrected chi connectivity index (χ2v) is 2.64. The lowest BCUT2D eigenvalue weighted by atomic mass is 10.1. The highest BCUT2D eigenvalue weighted by Crippen LogP contribution is 2.17. The number of rotatable bonds is 0. The molecule has 2 rings (SSSR count). The van der Waals surface area contributed by atoms with Crippen LogP contribution in [0.2, 0.25) is 0 Å². The number of para-hydroxylation sites is 1. The van der Waals surface area contributed by atoms with Crippen LogP contribution in [0.4, 0.5) is 5.69 Å². The van der Waals surface area contributed by atoms with Gasteiger partial charge in [0.25, 0.3) is 5.91 Å². The smallest absolute Gasteiger partial charge is 0.255 e. The molecule has 1 aromatic rings. The maximum Gasteiger partial charge on any atom is 0.255 e. The summed E-state index contributed by atoms with van der Waals surface area (Å²) >= 11 is 0. The summed E-state index contributed by atoms with van der Waals surface area (Å²) in [5.41, 5.74) is 6.92. The second-order valence-electron chi connectivity index (χ2n) is 2.64. The van der Waals surface area contributed by atoms with Gasteiger partial charge in [-0.05, 0) is 12.1 Å². The highest BCUT2D eigenvalue weighted by molar-refractivity contribution is 6.01. The predicted octanol–water partition coefficient (Wildman–Crippen LogP) is 0.0842. The molecule has 4 heteroatoms. The van der Waals surface area contributed by atoms with Crippen molar-refractivity contribution < 1.29 is 4.79 Å². The van der Waals surface area contributed by atoms with Gasteiger partial charge in [-0.25, -0.2) is 0 Å². The van der Waals surface area contributed by atoms with Crippen LogP contribution in [-0.2, 0) is 0 Å². The monoisotopic (exact) mass is 163 g/mol. The van der Waals surface area contributed by atoms with Crippen LogP contribution in [0.3, 0.4) is 0 Å². The van der Waals surface area contributed by atoms with Crippen LogP contribution < -0.4 is 16.4 Å². The molecule has 0 aromatic heterocycles. The molecule has 12 heavy (non-hydrogen) atoms. The van der Waals surface area contributed by atoms with Gasteiger partial charge in [0.05, 0.1) is 5.56 Å². The number of hydrogen-bond donors (Lipinski definition) is 3. The first-order valence-electron chi connectivity index (χ1n) is 3.69. The average molecular weight is 163 g/mol. The molecule has 1 aromatic carbocycles. The number of hydrogen-bond acceptors (Lipinski definition) is 3. The standard InChI is InChI=1S/C8H9N3O/c9-8-10-6-4-2-1-3-5(6)7(12)11-8/h1-4,8,10H,9H2,(H,11,12). The molecule has 0 bridgehead atoms. The molecule has 0 aliphatic carbocycles. The molecule has 1 atom stereocenters. The van der Waals surface area contributed by atoms with Crippen molar-refractivity contribution >= 4 is 11.6 Å². The number of carbonyl (C=O) groups excluding carboxylic acids is 1. The van der Waals surface area contributed by atoms with Crippen molar-refractivity contribution in [2.45, 2.75) is 6.29 Å². The molecule has 0 fully saturated rings. The van der Waals surface area contributed by atoms with E-state index in [-0.39, 0.29) is 5.91 Å². The minimum atomic E-state index is -0.479. The van der Waals surface area contributed by atoms with E-state index in [1.54, 1.807) is 6.07 Å². The van der Waals surface area contributed by atoms with Crippen molar-refractivity contribution in [3.63, 3.8) is 0 Å². The average Bonchev–Trinajstić information content (AvgIpc) is 2.04. The Hall–Kier alpha value is -1.55. The van der Waals surface area contributed by atoms with E-state index < -0.39 is 6.29 Å². The van der Waals surface area contributed by atoms with Gasteiger partial charge in [-0.3, -0.25) is 10.5 Å². The Balaban J connectivity index is 2.47. The van der Waals surface area contributed by atoms with Crippen molar-refractivity contribution in [1.82, 2.24) is 5.32 Å². The van der Waals surface area contributed by atoms with Crippen LogP contribution in [-0.4, -0.2) is 12.2 Å². The lowest BCUT2D eigenvalue weighted by Gasteiger charge is -2.24. The Morgan fingerprint density at radius 1 is 1.25 bits per heavy atom. The molecule has 62 valence electrons. The zero-order chi connectivity index (χ0) is 8.55. The third-order valence-corrected chi connectivity index (χ3v) is 1.77. The van der Waals surface area contributed by atoms with Gasteiger partial charge in [0.15, 0.2) is 6.29 Å². The van der Waals surface area contributed by atoms with Gasteiger partial charge in [-0.2, -0.15) is 0 Å². The van der Waals surface area contributed by atoms with Gasteiger partial charge >= 0.3 is 0 Å². The number of anilines is 1. The highest BCUT2D eigenvalue weighted by atomic mass is 16.2. The van der Waals surface area contributed by atoms with Gasteiger partial charge in [0.2, 0.25) is 0 Å². The lowest BCUT2D eigenvalue weighted by molar-refractivity contribution is 0.0937. The first-order valence-corrected chi connectivity index (χ1v) is 3.69. The van der Waals surface area contributed by atoms with Crippen LogP contribution in [0.1, 0.15) is 10.4 Å². The summed E-state index contributed by atoms with van der Waals surface area (Å²) < 4.78 is 0. The van der Waals surface area contributed by atoms with Crippen molar-refractivity contribution in [1.29, 1.82) is 0 Å². The van der Waals surface area contributed by atoms with Crippen LogP contribution >= 0.6 is 0 Å². The van der Waals surface area contributed by atoms with E-state index in [0.29, 0.717) is 5.56 Å². The largest absolute Gasteiger partial charge is 0.353 e. The zero-order valence-electron chi connectivity index (χ0n) is 6.37. The molecular formula is C8H9N3O. The van der Waals surface area contributed by atoms with Gasteiger partial charge in [-0.1, -0.05) is 12.1 Å². The number of nitrogens with two attached hydrogens (primary N) is 1. The summed E-state index contributed by atoms with van der Waals surface area (Å²) in [5, 5.41) is 5.50. The van der Waals surface area contributed by atoms with Gasteiger partial charge < -0.3 is 10.6 Å². The first kappa shape index (κ1) is 7.12. The molecule has 4 N–H and O–H groups in total. The van der Waals surface area contributed by atoms with Crippen LogP contribution in [0.15, 0.2) is 24.3 Å². The number of fused-ring (bicyclic) bond motifs is 1. The summed E-state index contributed by atoms with van der Waals surface area (Å²) in [6.45, 7) is 0. The fraction of sp³-hybridized carbons (Fsp3) is 0.125. The SMILES string of the molecule is NC1NC(=O)c2ccccc2N1. The van der Waals surface area contributed by atoms with E-state index in [9.17, 15) is 4.79 Å². The molecule has 1 amide bonds. The number of amides is 1. The van der Waals surface area contributed by atoms with Gasteiger partial charge in [-0.15, -0.1) is 0 Å². The fourth-order valence-corrected chi connectivity index (χ4v) is 1.23. The lowest BCUT2D eigenvalue weighted by Crippen LogP contribution is -2.50. The normalized spacial score (nSPS) is 20.8. The van der Waals surface area contributed by atoms with Crippen LogP contribution in [0.5, 0.6) is 0 Å². The summed E-state index contributed by atoms with van der Waals surface area (Å²) in [6, 6.07) is 7.26. The summed E-state index contributed by atoms with van der Waals surface area (Å²) in [4.78, 5) is 11.3. The molecule has 1 aliphatic heterocycles. The Labute approximate surface area is 69.8 Å². The third kappa shape index (κ3) is 1.02. The molecule has 0 spiro atoms. The minimum absolute atomic E-state index is 0.128. The fourth-order valence-electron chi connectivity index (χ4n) is 1.23. The van der Waals surface area contributed by atoms with E-state index in [1.807, 2.05) is 18.2 Å². The maximum absolute atomic E-state index is 11.3. The number of nitrogens with one attached hydrogen (secondary N) is 2. The second kappa shape index (κ2) is 2.49. The highest BCUT2D eigenvalue weighted by Gasteiger charge is 2.19. The maximum atomic E-state index is 11.3. The molecule has 1 aliphatic rings. The summed E-state index contributed by atoms with van der Waals surface area (Å²) in [6.07, 6.45) is -0.479. The van der Waals surface area contributed by atoms with E-state index in [0.717, 1.165) is 5.69 Å². The molecule has 1 unspecified atom stereocenters. The van der Waals surface area contributed by atoms with Crippen molar-refractivity contribution in [3.05, 3.63) is 29.8 Å². The molecule has 1 heterocycles. The van der Waals surface area contributed by atoms with Crippen LogP contribution in [0, 0.1) is 0 Å². The van der Waals surface area contributed by atoms with Crippen molar-refractivity contribution in [3.8, 4) is 0 Å². The Morgan fingerprint density at radius 2 is 2.00 bits per heavy atom. The zero-order valence-corrected chi connectivity index (χ0v) is 6.37. The molecule has 0 saturated heterocycles. The Kier molecular flexibility index (Phi) is 1.48. The van der Waals surface area contributed by atoms with Crippen LogP contribution in [0.25, 0.3) is 0 Å². The third-order valence-electron chi connectivity index (χ3n) is 1.77. The quantitative estimate of drug-likeness (QED) is 0.507. The van der Waals surface area contributed by atoms with E-state index in [1.165, 1.54) is 0 Å². The first-order chi connectivity index (χ1) is 5.77. The minimum Gasteiger partial charge on any atom is -0.353 e. The number of carbonyl (C=O) groups is 1. The Morgan fingerprint density at radius 3 is 2.83 bits per heavy atom. The number of benzene rings is 1. The topological polar surface area (TPSA) is 67.1 Å².